The lowest BCUT2D eigenvalue weighted by molar-refractivity contribution is 0.824. The Hall–Kier alpha value is 0.950. The van der Waals surface area contributed by atoms with Crippen LogP contribution in [0.15, 0.2) is 0 Å². The van der Waals surface area contributed by atoms with E-state index in [9.17, 15) is 0 Å². The zero-order chi connectivity index (χ0) is 5.45. The number of halogens is 1. The van der Waals surface area contributed by atoms with Crippen LogP contribution < -0.4 is 4.13 Å². The molecule has 0 aromatic carbocycles. The van der Waals surface area contributed by atoms with Crippen LogP contribution in [-0.4, -0.2) is 4.08 Å². The van der Waals surface area contributed by atoms with Gasteiger partial charge in [0.2, 0.25) is 0 Å². The third-order valence-electron chi connectivity index (χ3n) is 1.82. The summed E-state index contributed by atoms with van der Waals surface area (Å²) in [4.78, 5) is 0. The van der Waals surface area contributed by atoms with E-state index in [0.717, 1.165) is 0 Å². The minimum atomic E-state index is 0. The van der Waals surface area contributed by atoms with Gasteiger partial charge in [0.1, 0.15) is 0 Å². The summed E-state index contributed by atoms with van der Waals surface area (Å²) in [5.74, 6) is 0. The summed E-state index contributed by atoms with van der Waals surface area (Å²) in [6.45, 7) is 0. The lowest BCUT2D eigenvalue weighted by Gasteiger charge is -2.35. The molecule has 2 fully saturated rings. The molecule has 1 aliphatic heterocycles. The fraction of sp³-hybridized carbons (Fsp3) is 1.00. The molecule has 0 unspecified atom stereocenters. The number of rotatable bonds is 0. The van der Waals surface area contributed by atoms with Crippen molar-refractivity contribution in [2.75, 3.05) is 0 Å². The fourth-order valence-electron chi connectivity index (χ4n) is 1.28. The summed E-state index contributed by atoms with van der Waals surface area (Å²) in [5.41, 5.74) is 0. The zero-order valence-corrected chi connectivity index (χ0v) is 7.50. The van der Waals surface area contributed by atoms with Gasteiger partial charge in [-0.05, 0) is 12.8 Å². The predicted octanol–water partition coefficient (Wildman–Crippen LogP) is 2.58. The highest BCUT2D eigenvalue weighted by Crippen LogP contribution is 2.55. The van der Waals surface area contributed by atoms with Crippen LogP contribution in [0.4, 0.5) is 0 Å². The fourth-order valence-corrected chi connectivity index (χ4v) is 3.54. The van der Waals surface area contributed by atoms with Gasteiger partial charge in [-0.1, -0.05) is 36.7 Å². The topological polar surface area (TPSA) is 12.0 Å². The molecule has 1 saturated heterocycles. The first-order chi connectivity index (χ1) is 3.91. The molecule has 1 nitrogen and oxygen atoms in total. The van der Waals surface area contributed by atoms with Crippen molar-refractivity contribution in [2.24, 2.45) is 0 Å². The smallest absolute Gasteiger partial charge is 0.0915 e. The summed E-state index contributed by atoms with van der Waals surface area (Å²) in [6, 6.07) is 0. The first kappa shape index (κ1) is 8.05. The molecule has 1 aliphatic carbocycles. The van der Waals surface area contributed by atoms with Crippen molar-refractivity contribution in [1.29, 1.82) is 0 Å². The van der Waals surface area contributed by atoms with Crippen LogP contribution in [0, 0.1) is 0 Å². The molecule has 0 atom stereocenters. The molecule has 0 radical (unpaired) electrons. The first-order valence-corrected chi connectivity index (χ1v) is 4.66. The van der Waals surface area contributed by atoms with E-state index in [1.54, 1.807) is 0 Å². The minimum Gasteiger partial charge on any atom is -0.206 e. The van der Waals surface area contributed by atoms with Gasteiger partial charge >= 0.3 is 0 Å². The minimum absolute atomic E-state index is 0. The molecule has 9 heavy (non-hydrogen) atoms. The van der Waals surface area contributed by atoms with Gasteiger partial charge in [0, 0.05) is 0 Å². The van der Waals surface area contributed by atoms with Crippen LogP contribution in [0.3, 0.4) is 0 Å². The Morgan fingerprint density at radius 1 is 1.11 bits per heavy atom. The van der Waals surface area contributed by atoms with Gasteiger partial charge in [0.25, 0.3) is 0 Å². The normalized spacial score (nSPS) is 29.3. The Bertz CT molecular complexity index is 97.1. The van der Waals surface area contributed by atoms with E-state index in [1.807, 2.05) is 23.9 Å². The summed E-state index contributed by atoms with van der Waals surface area (Å²) in [7, 11) is 0. The molecule has 0 amide bonds. The lowest BCUT2D eigenvalue weighted by Crippen LogP contribution is -2.30. The first-order valence-electron chi connectivity index (χ1n) is 3.02. The van der Waals surface area contributed by atoms with Gasteiger partial charge in [-0.25, -0.2) is 4.13 Å². The van der Waals surface area contributed by atoms with Crippen LogP contribution in [0.25, 0.3) is 0 Å². The molecule has 1 saturated carbocycles. The van der Waals surface area contributed by atoms with Crippen molar-refractivity contribution in [3.05, 3.63) is 0 Å². The van der Waals surface area contributed by atoms with Gasteiger partial charge in [0.15, 0.2) is 0 Å². The van der Waals surface area contributed by atoms with Crippen molar-refractivity contribution in [2.45, 2.75) is 29.8 Å². The van der Waals surface area contributed by atoms with E-state index in [1.165, 1.54) is 25.7 Å². The Kier molecular flexibility index (Phi) is 2.60. The molecule has 2 aliphatic rings. The van der Waals surface area contributed by atoms with E-state index in [4.69, 9.17) is 0 Å². The SMILES string of the molecule is C1CCC2(C1)SNS2.Cl. The van der Waals surface area contributed by atoms with Crippen LogP contribution in [0.1, 0.15) is 25.7 Å². The lowest BCUT2D eigenvalue weighted by atomic mass is 10.4. The zero-order valence-electron chi connectivity index (χ0n) is 5.05. The van der Waals surface area contributed by atoms with Crippen molar-refractivity contribution in [1.82, 2.24) is 4.13 Å². The van der Waals surface area contributed by atoms with E-state index >= 15 is 0 Å². The van der Waals surface area contributed by atoms with Crippen molar-refractivity contribution < 1.29 is 0 Å². The second kappa shape index (κ2) is 2.91. The third kappa shape index (κ3) is 1.34. The maximum Gasteiger partial charge on any atom is 0.0915 e. The van der Waals surface area contributed by atoms with E-state index in [-0.39, 0.29) is 12.4 Å². The Morgan fingerprint density at radius 3 is 1.89 bits per heavy atom. The van der Waals surface area contributed by atoms with E-state index in [0.29, 0.717) is 4.08 Å². The number of hydrogen-bond donors (Lipinski definition) is 1. The maximum absolute atomic E-state index is 3.18. The predicted molar refractivity (Wildman–Crippen MR) is 46.8 cm³/mol. The van der Waals surface area contributed by atoms with Gasteiger partial charge in [-0.2, -0.15) is 0 Å². The molecule has 54 valence electrons. The van der Waals surface area contributed by atoms with Crippen LogP contribution >= 0.6 is 36.3 Å². The molecule has 1 heterocycles. The second-order valence-electron chi connectivity index (χ2n) is 2.41. The van der Waals surface area contributed by atoms with Gasteiger partial charge in [0.05, 0.1) is 4.08 Å². The maximum atomic E-state index is 3.18. The van der Waals surface area contributed by atoms with E-state index in [2.05, 4.69) is 4.13 Å². The molecule has 0 bridgehead atoms. The summed E-state index contributed by atoms with van der Waals surface area (Å²) in [6.07, 6.45) is 5.74. The Balaban J connectivity index is 0.000000405. The highest BCUT2D eigenvalue weighted by atomic mass is 35.5. The molecule has 0 aromatic rings. The van der Waals surface area contributed by atoms with Crippen LogP contribution in [0.5, 0.6) is 0 Å². The molecular weight excluding hydrogens is 174 g/mol. The summed E-state index contributed by atoms with van der Waals surface area (Å²) < 4.78 is 3.82. The Labute approximate surface area is 70.4 Å². The average molecular weight is 184 g/mol. The van der Waals surface area contributed by atoms with Crippen LogP contribution in [-0.2, 0) is 0 Å². The quantitative estimate of drug-likeness (QED) is 0.580. The Morgan fingerprint density at radius 2 is 1.67 bits per heavy atom. The van der Waals surface area contributed by atoms with Crippen molar-refractivity contribution in [3.8, 4) is 0 Å². The molecule has 1 spiro atoms. The van der Waals surface area contributed by atoms with Gasteiger partial charge in [-0.15, -0.1) is 12.4 Å². The standard InChI is InChI=1S/C5H9NS2.ClH/c1-2-4-5(3-1)7-6-8-5;/h6H,1-4H2;1H. The second-order valence-corrected chi connectivity index (χ2v) is 5.30. The molecule has 0 aromatic heterocycles. The molecule has 4 heteroatoms. The molecule has 2 rings (SSSR count). The van der Waals surface area contributed by atoms with E-state index < -0.39 is 0 Å². The third-order valence-corrected chi connectivity index (χ3v) is 4.55. The van der Waals surface area contributed by atoms with Crippen molar-refractivity contribution in [3.63, 3.8) is 0 Å². The largest absolute Gasteiger partial charge is 0.206 e. The van der Waals surface area contributed by atoms with Gasteiger partial charge in [-0.3, -0.25) is 0 Å². The number of hydrogen-bond acceptors (Lipinski definition) is 3. The van der Waals surface area contributed by atoms with Gasteiger partial charge < -0.3 is 0 Å². The molecule has 1 N–H and O–H groups in total. The highest BCUT2D eigenvalue weighted by Gasteiger charge is 2.41. The number of nitrogens with one attached hydrogen (secondary N) is 1. The summed E-state index contributed by atoms with van der Waals surface area (Å²) in [5, 5.41) is 0. The average Bonchev–Trinajstić information content (AvgIpc) is 2.07. The molecular formula is C5H10ClNS2. The monoisotopic (exact) mass is 183 g/mol. The highest BCUT2D eigenvalue weighted by molar-refractivity contribution is 8.30. The van der Waals surface area contributed by atoms with Crippen molar-refractivity contribution >= 4 is 36.3 Å². The van der Waals surface area contributed by atoms with Crippen LogP contribution in [0.2, 0.25) is 0 Å². The summed E-state index contributed by atoms with van der Waals surface area (Å²) >= 11 is 3.86.